The third-order valence-corrected chi connectivity index (χ3v) is 5.00. The maximum atomic E-state index is 6.02. The first-order valence-electron chi connectivity index (χ1n) is 8.12. The second-order valence-corrected chi connectivity index (χ2v) is 7.27. The Morgan fingerprint density at radius 2 is 1.92 bits per heavy atom. The van der Waals surface area contributed by atoms with Gasteiger partial charge >= 0.3 is 0 Å². The average Bonchev–Trinajstić information content (AvgIpc) is 3.06. The van der Waals surface area contributed by atoms with Gasteiger partial charge in [0.2, 0.25) is 5.13 Å². The van der Waals surface area contributed by atoms with Crippen LogP contribution in [0.15, 0.2) is 54.2 Å². The van der Waals surface area contributed by atoms with E-state index in [1.807, 2.05) is 25.1 Å². The highest BCUT2D eigenvalue weighted by Crippen LogP contribution is 2.27. The first-order chi connectivity index (χ1) is 12.6. The Balaban J connectivity index is 1.54. The van der Waals surface area contributed by atoms with E-state index >= 15 is 0 Å². The monoisotopic (exact) mass is 404 g/mol. The molecule has 2 aromatic carbocycles. The topological polar surface area (TPSA) is 49.8 Å². The minimum absolute atomic E-state index is 0.500. The summed E-state index contributed by atoms with van der Waals surface area (Å²) in [5.74, 6) is 0.669. The molecule has 0 saturated carbocycles. The molecule has 0 unspecified atom stereocenters. The summed E-state index contributed by atoms with van der Waals surface area (Å²) in [6.45, 7) is 2.88. The number of benzene rings is 2. The maximum Gasteiger partial charge on any atom is 0.207 e. The Morgan fingerprint density at radius 3 is 2.69 bits per heavy atom. The fourth-order valence-electron chi connectivity index (χ4n) is 2.33. The van der Waals surface area contributed by atoms with Crippen LogP contribution in [0.3, 0.4) is 0 Å². The van der Waals surface area contributed by atoms with Gasteiger partial charge in [0, 0.05) is 35.5 Å². The minimum atomic E-state index is 0.500. The van der Waals surface area contributed by atoms with Crippen molar-refractivity contribution >= 4 is 51.6 Å². The number of rotatable bonds is 7. The van der Waals surface area contributed by atoms with E-state index in [9.17, 15) is 0 Å². The predicted octanol–water partition coefficient (Wildman–Crippen LogP) is 5.78. The average molecular weight is 405 g/mol. The van der Waals surface area contributed by atoms with Crippen LogP contribution in [0.1, 0.15) is 18.3 Å². The Hall–Kier alpha value is -2.08. The summed E-state index contributed by atoms with van der Waals surface area (Å²) >= 11 is 13.2. The van der Waals surface area contributed by atoms with Crippen molar-refractivity contribution in [3.8, 4) is 0 Å². The first-order valence-corrected chi connectivity index (χ1v) is 9.65. The molecule has 0 radical (unpaired) electrons. The number of halogens is 2. The van der Waals surface area contributed by atoms with Gasteiger partial charge in [-0.1, -0.05) is 53.5 Å². The SMILES string of the molecule is CC(=Cc1nsc(Nc2ccc(Cl)c(Cl)c2)n1)NCCc1ccccc1. The van der Waals surface area contributed by atoms with Crippen molar-refractivity contribution in [1.82, 2.24) is 14.7 Å². The lowest BCUT2D eigenvalue weighted by Crippen LogP contribution is -2.14. The Morgan fingerprint density at radius 1 is 1.12 bits per heavy atom. The molecule has 0 saturated heterocycles. The van der Waals surface area contributed by atoms with E-state index in [-0.39, 0.29) is 0 Å². The predicted molar refractivity (Wildman–Crippen MR) is 111 cm³/mol. The molecule has 0 bridgehead atoms. The van der Waals surface area contributed by atoms with E-state index in [1.54, 1.807) is 12.1 Å². The lowest BCUT2D eigenvalue weighted by Gasteiger charge is -2.06. The van der Waals surface area contributed by atoms with Gasteiger partial charge in [0.25, 0.3) is 0 Å². The van der Waals surface area contributed by atoms with Crippen LogP contribution in [0.5, 0.6) is 0 Å². The molecule has 0 aliphatic rings. The van der Waals surface area contributed by atoms with Gasteiger partial charge in [0.05, 0.1) is 10.0 Å². The van der Waals surface area contributed by atoms with E-state index < -0.39 is 0 Å². The van der Waals surface area contributed by atoms with Crippen LogP contribution >= 0.6 is 34.7 Å². The lowest BCUT2D eigenvalue weighted by atomic mass is 10.1. The number of nitrogens with zero attached hydrogens (tertiary/aromatic N) is 2. The first kappa shape index (κ1) is 18.7. The molecular weight excluding hydrogens is 387 g/mol. The van der Waals surface area contributed by atoms with E-state index in [2.05, 4.69) is 44.3 Å². The van der Waals surface area contributed by atoms with E-state index in [1.165, 1.54) is 17.1 Å². The number of aromatic nitrogens is 2. The number of nitrogens with one attached hydrogen (secondary N) is 2. The van der Waals surface area contributed by atoms with Gasteiger partial charge in [0.1, 0.15) is 0 Å². The molecule has 1 aromatic heterocycles. The largest absolute Gasteiger partial charge is 0.388 e. The summed E-state index contributed by atoms with van der Waals surface area (Å²) in [5, 5.41) is 8.29. The highest BCUT2D eigenvalue weighted by molar-refractivity contribution is 7.09. The molecule has 4 nitrogen and oxygen atoms in total. The van der Waals surface area contributed by atoms with Crippen LogP contribution in [0.2, 0.25) is 10.0 Å². The Kier molecular flexibility index (Phi) is 6.50. The maximum absolute atomic E-state index is 6.02. The summed E-state index contributed by atoms with van der Waals surface area (Å²) in [6.07, 6.45) is 2.90. The molecule has 3 rings (SSSR count). The standard InChI is InChI=1S/C19H18Cl2N4S/c1-13(22-10-9-14-5-3-2-4-6-14)11-18-24-19(26-25-18)23-15-7-8-16(20)17(21)12-15/h2-8,11-12,22H,9-10H2,1H3,(H,23,24,25). The number of hydrogen-bond donors (Lipinski definition) is 2. The fraction of sp³-hybridized carbons (Fsp3) is 0.158. The summed E-state index contributed by atoms with van der Waals surface area (Å²) in [7, 11) is 0. The summed E-state index contributed by atoms with van der Waals surface area (Å²) < 4.78 is 4.35. The van der Waals surface area contributed by atoms with Crippen molar-refractivity contribution in [1.29, 1.82) is 0 Å². The molecule has 0 amide bonds. The van der Waals surface area contributed by atoms with Crippen molar-refractivity contribution in [3.05, 3.63) is 75.7 Å². The van der Waals surface area contributed by atoms with Crippen LogP contribution in [0.25, 0.3) is 6.08 Å². The summed E-state index contributed by atoms with van der Waals surface area (Å²) in [4.78, 5) is 4.47. The zero-order valence-corrected chi connectivity index (χ0v) is 16.5. The highest BCUT2D eigenvalue weighted by atomic mass is 35.5. The van der Waals surface area contributed by atoms with Crippen LogP contribution in [0, 0.1) is 0 Å². The van der Waals surface area contributed by atoms with Crippen LogP contribution in [-0.4, -0.2) is 15.9 Å². The summed E-state index contributed by atoms with van der Waals surface area (Å²) in [5.41, 5.74) is 3.16. The second kappa shape index (κ2) is 9.03. The fourth-order valence-corrected chi connectivity index (χ4v) is 3.20. The molecule has 2 N–H and O–H groups in total. The third-order valence-electron chi connectivity index (χ3n) is 3.62. The molecular formula is C19H18Cl2N4S. The van der Waals surface area contributed by atoms with Crippen molar-refractivity contribution in [2.45, 2.75) is 13.3 Å². The van der Waals surface area contributed by atoms with Crippen molar-refractivity contribution < 1.29 is 0 Å². The van der Waals surface area contributed by atoms with Crippen molar-refractivity contribution in [2.24, 2.45) is 0 Å². The molecule has 7 heteroatoms. The highest BCUT2D eigenvalue weighted by Gasteiger charge is 2.05. The molecule has 0 fully saturated rings. The van der Waals surface area contributed by atoms with Gasteiger partial charge in [-0.05, 0) is 37.1 Å². The van der Waals surface area contributed by atoms with Crippen molar-refractivity contribution in [3.63, 3.8) is 0 Å². The van der Waals surface area contributed by atoms with Crippen LogP contribution in [-0.2, 0) is 6.42 Å². The van der Waals surface area contributed by atoms with E-state index in [0.29, 0.717) is 21.0 Å². The van der Waals surface area contributed by atoms with Gasteiger partial charge in [-0.25, -0.2) is 0 Å². The van der Waals surface area contributed by atoms with Gasteiger partial charge in [-0.3, -0.25) is 0 Å². The van der Waals surface area contributed by atoms with Crippen molar-refractivity contribution in [2.75, 3.05) is 11.9 Å². The molecule has 0 atom stereocenters. The van der Waals surface area contributed by atoms with E-state index in [4.69, 9.17) is 23.2 Å². The minimum Gasteiger partial charge on any atom is -0.388 e. The smallest absolute Gasteiger partial charge is 0.207 e. The van der Waals surface area contributed by atoms with Gasteiger partial charge in [0.15, 0.2) is 5.82 Å². The molecule has 1 heterocycles. The quantitative estimate of drug-likeness (QED) is 0.523. The molecule has 0 spiro atoms. The molecule has 134 valence electrons. The van der Waals surface area contributed by atoms with Gasteiger partial charge < -0.3 is 10.6 Å². The molecule has 3 aromatic rings. The summed E-state index contributed by atoms with van der Waals surface area (Å²) in [6, 6.07) is 15.7. The zero-order chi connectivity index (χ0) is 18.4. The number of anilines is 2. The number of allylic oxidation sites excluding steroid dienone is 1. The lowest BCUT2D eigenvalue weighted by molar-refractivity contribution is 0.792. The normalized spacial score (nSPS) is 11.4. The molecule has 0 aliphatic heterocycles. The van der Waals surface area contributed by atoms with Crippen LogP contribution in [0.4, 0.5) is 10.8 Å². The Labute approximate surface area is 167 Å². The van der Waals surface area contributed by atoms with Gasteiger partial charge in [-0.15, -0.1) is 0 Å². The van der Waals surface area contributed by atoms with Gasteiger partial charge in [-0.2, -0.15) is 9.36 Å². The second-order valence-electron chi connectivity index (χ2n) is 5.70. The van der Waals surface area contributed by atoms with Crippen LogP contribution < -0.4 is 10.6 Å². The van der Waals surface area contributed by atoms with E-state index in [0.717, 1.165) is 24.4 Å². The zero-order valence-electron chi connectivity index (χ0n) is 14.2. The Bertz CT molecular complexity index is 894. The molecule has 26 heavy (non-hydrogen) atoms. The number of hydrogen-bond acceptors (Lipinski definition) is 5. The third kappa shape index (κ3) is 5.46. The molecule has 0 aliphatic carbocycles.